The van der Waals surface area contributed by atoms with E-state index in [4.69, 9.17) is 4.74 Å². The lowest BCUT2D eigenvalue weighted by Crippen LogP contribution is -2.17. The van der Waals surface area contributed by atoms with Crippen LogP contribution >= 0.6 is 31.9 Å². The quantitative estimate of drug-likeness (QED) is 0.641. The molecule has 0 aliphatic carbocycles. The van der Waals surface area contributed by atoms with E-state index in [1.165, 1.54) is 11.3 Å². The molecule has 2 aromatic carbocycles. The van der Waals surface area contributed by atoms with E-state index < -0.39 is 0 Å². The summed E-state index contributed by atoms with van der Waals surface area (Å²) < 4.78 is 6.95. The van der Waals surface area contributed by atoms with E-state index in [0.717, 1.165) is 40.8 Å². The molecule has 4 heteroatoms. The van der Waals surface area contributed by atoms with Crippen molar-refractivity contribution in [1.29, 1.82) is 0 Å². The third-order valence-electron chi connectivity index (χ3n) is 3.43. The molecule has 0 atom stereocenters. The van der Waals surface area contributed by atoms with Gasteiger partial charge in [-0.25, -0.2) is 0 Å². The van der Waals surface area contributed by atoms with Gasteiger partial charge in [0, 0.05) is 22.0 Å². The van der Waals surface area contributed by atoms with Gasteiger partial charge >= 0.3 is 0 Å². The summed E-state index contributed by atoms with van der Waals surface area (Å²) in [6.07, 6.45) is 1.02. The molecule has 20 heavy (non-hydrogen) atoms. The predicted molar refractivity (Wildman–Crippen MR) is 90.3 cm³/mol. The number of fused-ring (bicyclic) bond motifs is 1. The molecule has 0 bridgehead atoms. The van der Waals surface area contributed by atoms with Crippen molar-refractivity contribution in [2.75, 3.05) is 18.1 Å². The molecule has 0 amide bonds. The molecule has 0 spiro atoms. The molecule has 3 rings (SSSR count). The van der Waals surface area contributed by atoms with Crippen LogP contribution in [0.2, 0.25) is 0 Å². The average Bonchev–Trinajstić information content (AvgIpc) is 2.69. The number of hydrogen-bond acceptors (Lipinski definition) is 2. The Morgan fingerprint density at radius 3 is 2.80 bits per heavy atom. The maximum absolute atomic E-state index is 5.81. The molecule has 1 aliphatic heterocycles. The fourth-order valence-corrected chi connectivity index (χ4v) is 3.78. The van der Waals surface area contributed by atoms with Crippen LogP contribution < -0.4 is 9.64 Å². The van der Waals surface area contributed by atoms with Crippen LogP contribution in [0.5, 0.6) is 5.75 Å². The van der Waals surface area contributed by atoms with Crippen LogP contribution in [-0.2, 0) is 5.33 Å². The van der Waals surface area contributed by atoms with E-state index >= 15 is 0 Å². The normalized spacial score (nSPS) is 14.4. The van der Waals surface area contributed by atoms with Crippen molar-refractivity contribution in [3.05, 3.63) is 52.5 Å². The summed E-state index contributed by atoms with van der Waals surface area (Å²) in [5, 5.41) is 0.855. The highest BCUT2D eigenvalue weighted by Gasteiger charge is 2.17. The van der Waals surface area contributed by atoms with Gasteiger partial charge in [-0.15, -0.1) is 0 Å². The Balaban J connectivity index is 2.03. The molecule has 2 nitrogen and oxygen atoms in total. The summed E-state index contributed by atoms with van der Waals surface area (Å²) >= 11 is 7.15. The Labute approximate surface area is 136 Å². The molecule has 0 fully saturated rings. The standard InChI is InChI=1S/C16H15Br2NO/c17-11-12-6-7-13(10-14(12)18)19-8-3-9-20-16-5-2-1-4-15(16)19/h1-2,4-7,10H,3,8-9,11H2. The van der Waals surface area contributed by atoms with Crippen LogP contribution in [0.25, 0.3) is 0 Å². The van der Waals surface area contributed by atoms with E-state index in [1.807, 2.05) is 12.1 Å². The predicted octanol–water partition coefficient (Wildman–Crippen LogP) is 5.26. The number of halogens is 2. The summed E-state index contributed by atoms with van der Waals surface area (Å²) in [5.74, 6) is 0.964. The van der Waals surface area contributed by atoms with E-state index in [9.17, 15) is 0 Å². The topological polar surface area (TPSA) is 12.5 Å². The lowest BCUT2D eigenvalue weighted by Gasteiger charge is -2.24. The molecule has 1 heterocycles. The number of benzene rings is 2. The monoisotopic (exact) mass is 395 g/mol. The molecule has 0 saturated carbocycles. The van der Waals surface area contributed by atoms with Crippen LogP contribution in [0.1, 0.15) is 12.0 Å². The Kier molecular flexibility index (Phi) is 4.32. The van der Waals surface area contributed by atoms with Crippen LogP contribution in [0, 0.1) is 0 Å². The fraction of sp³-hybridized carbons (Fsp3) is 0.250. The lowest BCUT2D eigenvalue weighted by atomic mass is 10.2. The average molecular weight is 397 g/mol. The first-order valence-corrected chi connectivity index (χ1v) is 8.55. The molecule has 0 radical (unpaired) electrons. The van der Waals surface area contributed by atoms with Crippen LogP contribution in [0.4, 0.5) is 11.4 Å². The smallest absolute Gasteiger partial charge is 0.142 e. The molecule has 104 valence electrons. The zero-order valence-electron chi connectivity index (χ0n) is 11.0. The van der Waals surface area contributed by atoms with Crippen LogP contribution in [0.15, 0.2) is 46.9 Å². The summed E-state index contributed by atoms with van der Waals surface area (Å²) in [6, 6.07) is 14.7. The highest BCUT2D eigenvalue weighted by molar-refractivity contribution is 9.10. The van der Waals surface area contributed by atoms with Gasteiger partial charge in [0.25, 0.3) is 0 Å². The maximum atomic E-state index is 5.81. The summed E-state index contributed by atoms with van der Waals surface area (Å²) in [6.45, 7) is 1.74. The molecule has 0 N–H and O–H groups in total. The van der Waals surface area contributed by atoms with E-state index in [-0.39, 0.29) is 0 Å². The molecule has 0 aromatic heterocycles. The van der Waals surface area contributed by atoms with Gasteiger partial charge in [0.1, 0.15) is 5.75 Å². The van der Waals surface area contributed by atoms with Crippen LogP contribution in [-0.4, -0.2) is 13.2 Å². The van der Waals surface area contributed by atoms with Gasteiger partial charge in [0.2, 0.25) is 0 Å². The minimum atomic E-state index is 0.772. The molecule has 0 unspecified atom stereocenters. The second-order valence-corrected chi connectivity index (χ2v) is 6.15. The van der Waals surface area contributed by atoms with E-state index in [0.29, 0.717) is 0 Å². The van der Waals surface area contributed by atoms with Gasteiger partial charge in [-0.1, -0.05) is 50.1 Å². The van der Waals surface area contributed by atoms with Gasteiger partial charge in [0.15, 0.2) is 0 Å². The first kappa shape index (κ1) is 14.0. The second-order valence-electron chi connectivity index (χ2n) is 4.73. The van der Waals surface area contributed by atoms with Crippen molar-refractivity contribution in [2.24, 2.45) is 0 Å². The van der Waals surface area contributed by atoms with Crippen molar-refractivity contribution >= 4 is 43.2 Å². The number of para-hydroxylation sites is 2. The third kappa shape index (κ3) is 2.72. The fourth-order valence-electron chi connectivity index (χ4n) is 2.41. The first-order chi connectivity index (χ1) is 9.79. The van der Waals surface area contributed by atoms with Crippen molar-refractivity contribution < 1.29 is 4.74 Å². The Bertz CT molecular complexity index is 615. The Morgan fingerprint density at radius 2 is 2.00 bits per heavy atom. The van der Waals surface area contributed by atoms with Crippen molar-refractivity contribution in [3.8, 4) is 5.75 Å². The maximum Gasteiger partial charge on any atom is 0.142 e. The minimum Gasteiger partial charge on any atom is -0.491 e. The molecular formula is C16H15Br2NO. The number of anilines is 2. The second kappa shape index (κ2) is 6.19. The van der Waals surface area contributed by atoms with Gasteiger partial charge in [0.05, 0.1) is 12.3 Å². The van der Waals surface area contributed by atoms with Crippen molar-refractivity contribution in [3.63, 3.8) is 0 Å². The highest BCUT2D eigenvalue weighted by atomic mass is 79.9. The Morgan fingerprint density at radius 1 is 1.15 bits per heavy atom. The number of hydrogen-bond donors (Lipinski definition) is 0. The number of ether oxygens (including phenoxy) is 1. The van der Waals surface area contributed by atoms with Gasteiger partial charge < -0.3 is 9.64 Å². The third-order valence-corrected chi connectivity index (χ3v) is 4.77. The minimum absolute atomic E-state index is 0.772. The van der Waals surface area contributed by atoms with Gasteiger partial charge in [-0.2, -0.15) is 0 Å². The molecular weight excluding hydrogens is 382 g/mol. The number of alkyl halides is 1. The van der Waals surface area contributed by atoms with Gasteiger partial charge in [-0.05, 0) is 36.2 Å². The van der Waals surface area contributed by atoms with Gasteiger partial charge in [-0.3, -0.25) is 0 Å². The summed E-state index contributed by atoms with van der Waals surface area (Å²) in [5.41, 5.74) is 3.59. The lowest BCUT2D eigenvalue weighted by molar-refractivity contribution is 0.322. The number of rotatable bonds is 2. The van der Waals surface area contributed by atoms with Crippen molar-refractivity contribution in [2.45, 2.75) is 11.8 Å². The SMILES string of the molecule is BrCc1ccc(N2CCCOc3ccccc32)cc1Br. The zero-order valence-corrected chi connectivity index (χ0v) is 14.2. The number of nitrogens with zero attached hydrogens (tertiary/aromatic N) is 1. The molecule has 0 saturated heterocycles. The molecule has 1 aliphatic rings. The Hall–Kier alpha value is -1.00. The first-order valence-electron chi connectivity index (χ1n) is 6.63. The highest BCUT2D eigenvalue weighted by Crippen LogP contribution is 2.37. The zero-order chi connectivity index (χ0) is 13.9. The summed E-state index contributed by atoms with van der Waals surface area (Å²) in [4.78, 5) is 2.32. The largest absolute Gasteiger partial charge is 0.491 e. The van der Waals surface area contributed by atoms with E-state index in [2.05, 4.69) is 67.1 Å². The molecule has 2 aromatic rings. The van der Waals surface area contributed by atoms with Crippen molar-refractivity contribution in [1.82, 2.24) is 0 Å². The van der Waals surface area contributed by atoms with E-state index in [1.54, 1.807) is 0 Å². The summed E-state index contributed by atoms with van der Waals surface area (Å²) in [7, 11) is 0. The van der Waals surface area contributed by atoms with Crippen LogP contribution in [0.3, 0.4) is 0 Å².